The standard InChI is InChI=1S/C18H25F2N3O3/c1-18(2,3)26-17(25)21-13-6-8-23(9-7-13)11-16(24)22-15-10-12(19)4-5-14(15)20/h4-5,10,13H,6-9,11H2,1-3H3,(H,21,25)(H,22,24). The van der Waals surface area contributed by atoms with E-state index in [0.717, 1.165) is 18.2 Å². The Labute approximate surface area is 151 Å². The van der Waals surface area contributed by atoms with E-state index in [9.17, 15) is 18.4 Å². The van der Waals surface area contributed by atoms with Crippen LogP contribution >= 0.6 is 0 Å². The Morgan fingerprint density at radius 2 is 1.88 bits per heavy atom. The third kappa shape index (κ3) is 6.59. The predicted molar refractivity (Wildman–Crippen MR) is 93.8 cm³/mol. The summed E-state index contributed by atoms with van der Waals surface area (Å²) < 4.78 is 31.9. The molecule has 0 aliphatic carbocycles. The van der Waals surface area contributed by atoms with Crippen LogP contribution in [0.3, 0.4) is 0 Å². The highest BCUT2D eigenvalue weighted by atomic mass is 19.1. The van der Waals surface area contributed by atoms with E-state index in [2.05, 4.69) is 10.6 Å². The normalized spacial score (nSPS) is 16.2. The van der Waals surface area contributed by atoms with Crippen molar-refractivity contribution in [1.29, 1.82) is 0 Å². The van der Waals surface area contributed by atoms with Crippen molar-refractivity contribution < 1.29 is 23.1 Å². The largest absolute Gasteiger partial charge is 0.444 e. The number of benzene rings is 1. The van der Waals surface area contributed by atoms with Gasteiger partial charge in [-0.15, -0.1) is 0 Å². The molecule has 1 fully saturated rings. The van der Waals surface area contributed by atoms with Crippen LogP contribution < -0.4 is 10.6 Å². The lowest BCUT2D eigenvalue weighted by molar-refractivity contribution is -0.117. The Hall–Kier alpha value is -2.22. The van der Waals surface area contributed by atoms with Crippen LogP contribution in [-0.4, -0.2) is 48.2 Å². The van der Waals surface area contributed by atoms with Gasteiger partial charge in [-0.25, -0.2) is 13.6 Å². The van der Waals surface area contributed by atoms with Crippen LogP contribution in [0.5, 0.6) is 0 Å². The summed E-state index contributed by atoms with van der Waals surface area (Å²) in [5, 5.41) is 5.21. The van der Waals surface area contributed by atoms with Crippen LogP contribution in [0.25, 0.3) is 0 Å². The molecule has 2 rings (SSSR count). The van der Waals surface area contributed by atoms with Crippen molar-refractivity contribution in [1.82, 2.24) is 10.2 Å². The van der Waals surface area contributed by atoms with Crippen LogP contribution in [0.15, 0.2) is 18.2 Å². The number of amides is 2. The zero-order chi connectivity index (χ0) is 19.3. The van der Waals surface area contributed by atoms with Gasteiger partial charge in [0.2, 0.25) is 5.91 Å². The summed E-state index contributed by atoms with van der Waals surface area (Å²) in [7, 11) is 0. The average molecular weight is 369 g/mol. The van der Waals surface area contributed by atoms with Gasteiger partial charge in [0.25, 0.3) is 0 Å². The number of nitrogens with one attached hydrogen (secondary N) is 2. The highest BCUT2D eigenvalue weighted by Crippen LogP contribution is 2.16. The minimum absolute atomic E-state index is 0.00942. The molecule has 8 heteroatoms. The first-order valence-corrected chi connectivity index (χ1v) is 8.59. The van der Waals surface area contributed by atoms with Crippen molar-refractivity contribution in [2.24, 2.45) is 0 Å². The summed E-state index contributed by atoms with van der Waals surface area (Å²) in [6, 6.07) is 2.90. The van der Waals surface area contributed by atoms with Crippen LogP contribution in [0.1, 0.15) is 33.6 Å². The van der Waals surface area contributed by atoms with E-state index in [1.165, 1.54) is 0 Å². The maximum atomic E-state index is 13.6. The van der Waals surface area contributed by atoms with Gasteiger partial charge in [-0.05, 0) is 45.7 Å². The topological polar surface area (TPSA) is 70.7 Å². The number of carbonyl (C=O) groups excluding carboxylic acids is 2. The van der Waals surface area contributed by atoms with Gasteiger partial charge in [-0.3, -0.25) is 9.69 Å². The number of hydrogen-bond donors (Lipinski definition) is 2. The Morgan fingerprint density at radius 1 is 1.23 bits per heavy atom. The minimum Gasteiger partial charge on any atom is -0.444 e. The first kappa shape index (κ1) is 20.1. The predicted octanol–water partition coefficient (Wildman–Crippen LogP) is 2.89. The third-order valence-corrected chi connectivity index (χ3v) is 3.88. The smallest absolute Gasteiger partial charge is 0.407 e. The average Bonchev–Trinajstić information content (AvgIpc) is 2.51. The number of halogens is 2. The van der Waals surface area contributed by atoms with Crippen LogP contribution in [-0.2, 0) is 9.53 Å². The maximum absolute atomic E-state index is 13.6. The Balaban J connectivity index is 1.75. The quantitative estimate of drug-likeness (QED) is 0.856. The van der Waals surface area contributed by atoms with Crippen molar-refractivity contribution in [3.63, 3.8) is 0 Å². The van der Waals surface area contributed by atoms with E-state index < -0.39 is 29.2 Å². The molecule has 26 heavy (non-hydrogen) atoms. The molecule has 1 aliphatic rings. The van der Waals surface area contributed by atoms with E-state index in [0.29, 0.717) is 25.9 Å². The zero-order valence-corrected chi connectivity index (χ0v) is 15.3. The van der Waals surface area contributed by atoms with Crippen molar-refractivity contribution in [3.8, 4) is 0 Å². The third-order valence-electron chi connectivity index (χ3n) is 3.88. The molecular formula is C18H25F2N3O3. The van der Waals surface area contributed by atoms with Gasteiger partial charge in [0.15, 0.2) is 0 Å². The fourth-order valence-electron chi connectivity index (χ4n) is 2.70. The van der Waals surface area contributed by atoms with Gasteiger partial charge >= 0.3 is 6.09 Å². The second-order valence-corrected chi connectivity index (χ2v) is 7.37. The summed E-state index contributed by atoms with van der Waals surface area (Å²) in [5.74, 6) is -1.70. The molecule has 0 unspecified atom stereocenters. The van der Waals surface area contributed by atoms with Crippen molar-refractivity contribution in [3.05, 3.63) is 29.8 Å². The van der Waals surface area contributed by atoms with Gasteiger partial charge in [0.05, 0.1) is 12.2 Å². The van der Waals surface area contributed by atoms with E-state index >= 15 is 0 Å². The highest BCUT2D eigenvalue weighted by molar-refractivity contribution is 5.92. The molecule has 1 aromatic rings. The Bertz CT molecular complexity index is 654. The number of anilines is 1. The summed E-state index contributed by atoms with van der Waals surface area (Å²) in [5.41, 5.74) is -0.716. The summed E-state index contributed by atoms with van der Waals surface area (Å²) in [4.78, 5) is 25.7. The van der Waals surface area contributed by atoms with Crippen molar-refractivity contribution in [2.45, 2.75) is 45.3 Å². The number of rotatable bonds is 4. The monoisotopic (exact) mass is 369 g/mol. The van der Waals surface area contributed by atoms with E-state index in [4.69, 9.17) is 4.74 Å². The molecular weight excluding hydrogens is 344 g/mol. The molecule has 2 amide bonds. The summed E-state index contributed by atoms with van der Waals surface area (Å²) in [6.07, 6.45) is 0.914. The van der Waals surface area contributed by atoms with Crippen LogP contribution in [0, 0.1) is 11.6 Å². The van der Waals surface area contributed by atoms with Gasteiger partial charge in [-0.2, -0.15) is 0 Å². The fraction of sp³-hybridized carbons (Fsp3) is 0.556. The maximum Gasteiger partial charge on any atom is 0.407 e. The van der Waals surface area contributed by atoms with Gasteiger partial charge in [0, 0.05) is 25.2 Å². The molecule has 0 spiro atoms. The number of hydrogen-bond acceptors (Lipinski definition) is 4. The molecule has 0 aromatic heterocycles. The molecule has 1 aliphatic heterocycles. The second-order valence-electron chi connectivity index (χ2n) is 7.37. The second kappa shape index (κ2) is 8.44. The lowest BCUT2D eigenvalue weighted by atomic mass is 10.1. The number of likely N-dealkylation sites (tertiary alicyclic amines) is 1. The lowest BCUT2D eigenvalue weighted by Crippen LogP contribution is -2.47. The number of ether oxygens (including phenoxy) is 1. The molecule has 1 aromatic carbocycles. The first-order chi connectivity index (χ1) is 12.1. The Kier molecular flexibility index (Phi) is 6.52. The minimum atomic E-state index is -0.681. The lowest BCUT2D eigenvalue weighted by Gasteiger charge is -2.32. The number of nitrogens with zero attached hydrogens (tertiary/aromatic N) is 1. The number of piperidine rings is 1. The van der Waals surface area contributed by atoms with Crippen LogP contribution in [0.2, 0.25) is 0 Å². The van der Waals surface area contributed by atoms with E-state index in [1.807, 2.05) is 4.90 Å². The number of carbonyl (C=O) groups is 2. The van der Waals surface area contributed by atoms with Gasteiger partial charge < -0.3 is 15.4 Å². The zero-order valence-electron chi connectivity index (χ0n) is 15.3. The SMILES string of the molecule is CC(C)(C)OC(=O)NC1CCN(CC(=O)Nc2cc(F)ccc2F)CC1. The van der Waals surface area contributed by atoms with Crippen LogP contribution in [0.4, 0.5) is 19.3 Å². The molecule has 1 heterocycles. The Morgan fingerprint density at radius 3 is 2.50 bits per heavy atom. The number of alkyl carbamates (subject to hydrolysis) is 1. The van der Waals surface area contributed by atoms with Gasteiger partial charge in [0.1, 0.15) is 17.2 Å². The first-order valence-electron chi connectivity index (χ1n) is 8.59. The molecule has 1 saturated heterocycles. The van der Waals surface area contributed by atoms with Gasteiger partial charge in [-0.1, -0.05) is 0 Å². The van der Waals surface area contributed by atoms with Crippen molar-refractivity contribution in [2.75, 3.05) is 25.0 Å². The summed E-state index contributed by atoms with van der Waals surface area (Å²) >= 11 is 0. The van der Waals surface area contributed by atoms with Crippen molar-refractivity contribution >= 4 is 17.7 Å². The fourth-order valence-corrected chi connectivity index (χ4v) is 2.70. The molecule has 0 atom stereocenters. The molecule has 0 saturated carbocycles. The van der Waals surface area contributed by atoms with E-state index in [-0.39, 0.29) is 18.3 Å². The molecule has 144 valence electrons. The molecule has 0 radical (unpaired) electrons. The molecule has 0 bridgehead atoms. The van der Waals surface area contributed by atoms with E-state index in [1.54, 1.807) is 20.8 Å². The molecule has 6 nitrogen and oxygen atoms in total. The molecule has 2 N–H and O–H groups in total. The highest BCUT2D eigenvalue weighted by Gasteiger charge is 2.24. The summed E-state index contributed by atoms with van der Waals surface area (Å²) in [6.45, 7) is 6.70.